The number of ether oxygens (including phenoxy) is 3. The van der Waals surface area contributed by atoms with Crippen LogP contribution in [0.25, 0.3) is 0 Å². The van der Waals surface area contributed by atoms with Crippen LogP contribution in [0.15, 0.2) is 35.5 Å². The van der Waals surface area contributed by atoms with Gasteiger partial charge in [-0.15, -0.1) is 0 Å². The third kappa shape index (κ3) is 3.54. The molecule has 2 heterocycles. The molecule has 1 fully saturated rings. The summed E-state index contributed by atoms with van der Waals surface area (Å²) in [5.41, 5.74) is 1.33. The van der Waals surface area contributed by atoms with E-state index < -0.39 is 17.9 Å². The van der Waals surface area contributed by atoms with Crippen LogP contribution in [0.1, 0.15) is 17.9 Å². The van der Waals surface area contributed by atoms with Gasteiger partial charge in [-0.1, -0.05) is 12.1 Å². The van der Waals surface area contributed by atoms with Crippen LogP contribution in [0.4, 0.5) is 5.69 Å². The predicted molar refractivity (Wildman–Crippen MR) is 91.3 cm³/mol. The fourth-order valence-corrected chi connectivity index (χ4v) is 3.06. The van der Waals surface area contributed by atoms with Crippen LogP contribution >= 0.6 is 0 Å². The zero-order valence-electron chi connectivity index (χ0n) is 14.8. The lowest BCUT2D eigenvalue weighted by Crippen LogP contribution is -2.38. The molecule has 0 saturated carbocycles. The summed E-state index contributed by atoms with van der Waals surface area (Å²) in [6.07, 6.45) is 0.102. The second-order valence-electron chi connectivity index (χ2n) is 5.98. The first kappa shape index (κ1) is 18.6. The van der Waals surface area contributed by atoms with Gasteiger partial charge in [-0.05, 0) is 17.7 Å². The monoisotopic (exact) mass is 374 g/mol. The Bertz CT molecular complexity index is 829. The predicted octanol–water partition coefficient (Wildman–Crippen LogP) is 0.211. The van der Waals surface area contributed by atoms with Gasteiger partial charge in [-0.25, -0.2) is 9.59 Å². The van der Waals surface area contributed by atoms with Crippen molar-refractivity contribution in [3.8, 4) is 0 Å². The Kier molecular flexibility index (Phi) is 5.22. The highest BCUT2D eigenvalue weighted by atomic mass is 16.5. The molecule has 0 spiro atoms. The van der Waals surface area contributed by atoms with Crippen molar-refractivity contribution in [2.45, 2.75) is 12.3 Å². The minimum Gasteiger partial charge on any atom is -0.466 e. The molecule has 9 heteroatoms. The van der Waals surface area contributed by atoms with Gasteiger partial charge in [-0.3, -0.25) is 14.9 Å². The molecule has 2 aliphatic heterocycles. The number of nitrogens with one attached hydrogen (secondary N) is 1. The van der Waals surface area contributed by atoms with Crippen LogP contribution in [0, 0.1) is 0 Å². The number of nitrogens with zero attached hydrogens (tertiary/aromatic N) is 1. The highest BCUT2D eigenvalue weighted by Crippen LogP contribution is 2.30. The number of carbonyl (C=O) groups is 4. The maximum Gasteiger partial charge on any atom is 0.355 e. The number of rotatable bonds is 4. The van der Waals surface area contributed by atoms with Gasteiger partial charge in [0.15, 0.2) is 0 Å². The van der Waals surface area contributed by atoms with Gasteiger partial charge in [0, 0.05) is 12.1 Å². The molecule has 0 aromatic heterocycles. The van der Waals surface area contributed by atoms with E-state index in [4.69, 9.17) is 14.2 Å². The Labute approximate surface area is 154 Å². The number of esters is 2. The van der Waals surface area contributed by atoms with Gasteiger partial charge in [0.25, 0.3) is 0 Å². The number of benzene rings is 1. The lowest BCUT2D eigenvalue weighted by Gasteiger charge is -2.31. The molecular formula is C18H18N2O7. The molecule has 1 saturated heterocycles. The molecule has 0 aliphatic carbocycles. The number of hydrogen-bond donors (Lipinski definition) is 1. The smallest absolute Gasteiger partial charge is 0.355 e. The highest BCUT2D eigenvalue weighted by molar-refractivity contribution is 6.06. The van der Waals surface area contributed by atoms with Crippen molar-refractivity contribution in [3.05, 3.63) is 41.1 Å². The fourth-order valence-electron chi connectivity index (χ4n) is 3.06. The van der Waals surface area contributed by atoms with Gasteiger partial charge in [0.05, 0.1) is 32.3 Å². The molecular weight excluding hydrogens is 356 g/mol. The molecule has 1 N–H and O–H groups in total. The number of carbonyl (C=O) groups excluding carboxylic acids is 4. The van der Waals surface area contributed by atoms with Crippen LogP contribution in [0.5, 0.6) is 0 Å². The maximum atomic E-state index is 12.3. The van der Waals surface area contributed by atoms with Crippen molar-refractivity contribution >= 4 is 29.4 Å². The summed E-state index contributed by atoms with van der Waals surface area (Å²) >= 11 is 0. The molecule has 0 bridgehead atoms. The van der Waals surface area contributed by atoms with E-state index in [-0.39, 0.29) is 42.8 Å². The second-order valence-corrected chi connectivity index (χ2v) is 5.98. The lowest BCUT2D eigenvalue weighted by atomic mass is 9.97. The van der Waals surface area contributed by atoms with E-state index in [1.807, 2.05) is 0 Å². The Hall–Kier alpha value is -3.20. The molecule has 1 aromatic carbocycles. The minimum atomic E-state index is -0.691. The number of amides is 2. The maximum absolute atomic E-state index is 12.3. The molecule has 142 valence electrons. The molecule has 1 atom stereocenters. The van der Waals surface area contributed by atoms with Gasteiger partial charge < -0.3 is 19.1 Å². The van der Waals surface area contributed by atoms with Crippen molar-refractivity contribution in [3.63, 3.8) is 0 Å². The molecule has 0 radical (unpaired) electrons. The van der Waals surface area contributed by atoms with Crippen molar-refractivity contribution < 1.29 is 33.4 Å². The molecule has 2 aliphatic rings. The van der Waals surface area contributed by atoms with E-state index in [0.717, 1.165) is 0 Å². The van der Waals surface area contributed by atoms with E-state index in [0.29, 0.717) is 11.3 Å². The van der Waals surface area contributed by atoms with E-state index >= 15 is 0 Å². The van der Waals surface area contributed by atoms with Crippen LogP contribution in [-0.2, 0) is 33.4 Å². The molecule has 9 nitrogen and oxygen atoms in total. The van der Waals surface area contributed by atoms with Crippen LogP contribution < -0.4 is 10.2 Å². The zero-order chi connectivity index (χ0) is 19.6. The minimum absolute atomic E-state index is 0.0344. The molecule has 3 rings (SSSR count). The van der Waals surface area contributed by atoms with Crippen molar-refractivity contribution in [1.29, 1.82) is 0 Å². The number of imide groups is 1. The summed E-state index contributed by atoms with van der Waals surface area (Å²) in [5, 5.41) is 2.27. The van der Waals surface area contributed by atoms with E-state index in [1.165, 1.54) is 19.1 Å². The number of anilines is 1. The molecule has 2 amide bonds. The SMILES string of the molecule is COC(=O)C1=C(C(=O)OC)N(c2ccc(C3CC(=O)NC3=O)cc2)COC1. The molecule has 27 heavy (non-hydrogen) atoms. The van der Waals surface area contributed by atoms with E-state index in [9.17, 15) is 19.2 Å². The summed E-state index contributed by atoms with van der Waals surface area (Å²) < 4.78 is 14.9. The number of methoxy groups -OCH3 is 2. The standard InChI is InChI=1S/C18H18N2O7/c1-25-17(23)13-8-27-9-20(15(13)18(24)26-2)11-5-3-10(4-6-11)12-7-14(21)19-16(12)22/h3-6,12H,7-9H2,1-2H3,(H,19,21,22). The quantitative estimate of drug-likeness (QED) is 0.588. The summed E-state index contributed by atoms with van der Waals surface area (Å²) in [6, 6.07) is 6.74. The van der Waals surface area contributed by atoms with Gasteiger partial charge in [0.1, 0.15) is 12.4 Å². The Morgan fingerprint density at radius 3 is 2.33 bits per heavy atom. The van der Waals surface area contributed by atoms with E-state index in [2.05, 4.69) is 5.32 Å². The average molecular weight is 374 g/mol. The third-order valence-electron chi connectivity index (χ3n) is 4.41. The highest BCUT2D eigenvalue weighted by Gasteiger charge is 2.34. The topological polar surface area (TPSA) is 111 Å². The first-order chi connectivity index (χ1) is 13.0. The zero-order valence-corrected chi connectivity index (χ0v) is 14.8. The third-order valence-corrected chi connectivity index (χ3v) is 4.41. The normalized spacial score (nSPS) is 19.8. The van der Waals surface area contributed by atoms with Crippen molar-refractivity contribution in [2.24, 2.45) is 0 Å². The van der Waals surface area contributed by atoms with Crippen LogP contribution in [-0.4, -0.2) is 51.3 Å². The second kappa shape index (κ2) is 7.58. The van der Waals surface area contributed by atoms with Crippen molar-refractivity contribution in [1.82, 2.24) is 5.32 Å². The van der Waals surface area contributed by atoms with Crippen molar-refractivity contribution in [2.75, 3.05) is 32.5 Å². The lowest BCUT2D eigenvalue weighted by molar-refractivity contribution is -0.140. The average Bonchev–Trinajstić information content (AvgIpc) is 3.04. The van der Waals surface area contributed by atoms with Gasteiger partial charge in [-0.2, -0.15) is 0 Å². The fraction of sp³-hybridized carbons (Fsp3) is 0.333. The Morgan fingerprint density at radius 1 is 1.11 bits per heavy atom. The molecule has 1 aromatic rings. The van der Waals surface area contributed by atoms with E-state index in [1.54, 1.807) is 24.3 Å². The van der Waals surface area contributed by atoms with Crippen LogP contribution in [0.3, 0.4) is 0 Å². The summed E-state index contributed by atoms with van der Waals surface area (Å²) in [7, 11) is 2.43. The summed E-state index contributed by atoms with van der Waals surface area (Å²) in [5.74, 6) is -2.55. The van der Waals surface area contributed by atoms with Gasteiger partial charge >= 0.3 is 11.9 Å². The Morgan fingerprint density at radius 2 is 1.78 bits per heavy atom. The summed E-state index contributed by atoms with van der Waals surface area (Å²) in [6.45, 7) is -0.0390. The summed E-state index contributed by atoms with van der Waals surface area (Å²) in [4.78, 5) is 48.9. The first-order valence-corrected chi connectivity index (χ1v) is 8.15. The number of hydrogen-bond acceptors (Lipinski definition) is 8. The van der Waals surface area contributed by atoms with Gasteiger partial charge in [0.2, 0.25) is 11.8 Å². The Balaban J connectivity index is 1.94. The first-order valence-electron chi connectivity index (χ1n) is 8.15. The molecule has 1 unspecified atom stereocenters. The van der Waals surface area contributed by atoms with Crippen LogP contribution in [0.2, 0.25) is 0 Å². The largest absolute Gasteiger partial charge is 0.466 e.